The quantitative estimate of drug-likeness (QED) is 0.470. The van der Waals surface area contributed by atoms with Crippen LogP contribution in [0.5, 0.6) is 17.2 Å². The first-order valence-corrected chi connectivity index (χ1v) is 9.06. The Balaban J connectivity index is 1.63. The third-order valence-electron chi connectivity index (χ3n) is 3.67. The van der Waals surface area contributed by atoms with Crippen molar-refractivity contribution in [1.29, 1.82) is 0 Å². The summed E-state index contributed by atoms with van der Waals surface area (Å²) in [5, 5.41) is 2.65. The molecule has 0 aliphatic rings. The summed E-state index contributed by atoms with van der Waals surface area (Å²) in [6.45, 7) is 2.46. The summed E-state index contributed by atoms with van der Waals surface area (Å²) in [5.41, 5.74) is 0.600. The van der Waals surface area contributed by atoms with E-state index in [4.69, 9.17) is 18.9 Å². The lowest BCUT2D eigenvalue weighted by Crippen LogP contribution is -2.21. The average molecular weight is 387 g/mol. The molecule has 0 unspecified atom stereocenters. The summed E-state index contributed by atoms with van der Waals surface area (Å²) < 4.78 is 21.1. The molecule has 0 spiro atoms. The Hall–Kier alpha value is -3.22. The first-order valence-electron chi connectivity index (χ1n) is 9.06. The zero-order chi connectivity index (χ0) is 20.2. The number of anilines is 1. The zero-order valence-electron chi connectivity index (χ0n) is 16.1. The van der Waals surface area contributed by atoms with Crippen molar-refractivity contribution in [2.24, 2.45) is 0 Å². The maximum absolute atomic E-state index is 11.8. The summed E-state index contributed by atoms with van der Waals surface area (Å²) in [7, 11) is 1.57. The second-order valence-corrected chi connectivity index (χ2v) is 5.77. The van der Waals surface area contributed by atoms with E-state index < -0.39 is 11.9 Å². The molecule has 2 aromatic carbocycles. The van der Waals surface area contributed by atoms with Gasteiger partial charge in [0.1, 0.15) is 5.75 Å². The van der Waals surface area contributed by atoms with Crippen LogP contribution in [0.2, 0.25) is 0 Å². The largest absolute Gasteiger partial charge is 0.497 e. The van der Waals surface area contributed by atoms with Crippen LogP contribution in [0.15, 0.2) is 48.5 Å². The molecule has 7 heteroatoms. The van der Waals surface area contributed by atoms with Crippen LogP contribution < -0.4 is 19.5 Å². The fourth-order valence-electron chi connectivity index (χ4n) is 2.33. The van der Waals surface area contributed by atoms with E-state index in [0.29, 0.717) is 42.6 Å². The molecule has 2 aromatic rings. The molecule has 0 fully saturated rings. The number of amides is 1. The normalized spacial score (nSPS) is 10.1. The van der Waals surface area contributed by atoms with Gasteiger partial charge in [0.2, 0.25) is 0 Å². The van der Waals surface area contributed by atoms with Gasteiger partial charge in [0.05, 0.1) is 20.3 Å². The second kappa shape index (κ2) is 11.5. The van der Waals surface area contributed by atoms with Crippen molar-refractivity contribution in [1.82, 2.24) is 0 Å². The van der Waals surface area contributed by atoms with Gasteiger partial charge in [-0.3, -0.25) is 9.59 Å². The minimum atomic E-state index is -0.452. The molecule has 0 saturated heterocycles. The highest BCUT2D eigenvalue weighted by Gasteiger charge is 2.09. The first kappa shape index (κ1) is 21.1. The number of para-hydroxylation sites is 2. The van der Waals surface area contributed by atoms with Gasteiger partial charge in [-0.05, 0) is 49.7 Å². The van der Waals surface area contributed by atoms with E-state index in [0.717, 1.165) is 0 Å². The van der Waals surface area contributed by atoms with Crippen LogP contribution in [-0.4, -0.2) is 38.8 Å². The van der Waals surface area contributed by atoms with E-state index in [1.165, 1.54) is 0 Å². The second-order valence-electron chi connectivity index (χ2n) is 5.77. The van der Waals surface area contributed by atoms with E-state index in [1.54, 1.807) is 31.4 Å². The van der Waals surface area contributed by atoms with Crippen LogP contribution in [0.1, 0.15) is 19.8 Å². The molecule has 0 aliphatic carbocycles. The summed E-state index contributed by atoms with van der Waals surface area (Å²) in [6, 6.07) is 14.2. The Kier molecular flexibility index (Phi) is 8.65. The van der Waals surface area contributed by atoms with Crippen LogP contribution in [0.4, 0.5) is 5.69 Å². The first-order chi connectivity index (χ1) is 13.6. The number of esters is 1. The minimum Gasteiger partial charge on any atom is -0.497 e. The number of rotatable bonds is 11. The minimum absolute atomic E-state index is 0.159. The molecule has 0 aliphatic heterocycles. The summed E-state index contributed by atoms with van der Waals surface area (Å²) in [6.07, 6.45) is 0.631. The molecule has 1 N–H and O–H groups in total. The van der Waals surface area contributed by atoms with Gasteiger partial charge in [-0.25, -0.2) is 0 Å². The fraction of sp³-hybridized carbons (Fsp3) is 0.333. The molecule has 2 rings (SSSR count). The lowest BCUT2D eigenvalue weighted by Gasteiger charge is -2.11. The Morgan fingerprint density at radius 1 is 0.964 bits per heavy atom. The number of nitrogens with one attached hydrogen (secondary N) is 1. The van der Waals surface area contributed by atoms with Gasteiger partial charge in [-0.1, -0.05) is 12.1 Å². The Morgan fingerprint density at radius 3 is 2.29 bits per heavy atom. The van der Waals surface area contributed by atoms with Crippen LogP contribution in [0, 0.1) is 0 Å². The lowest BCUT2D eigenvalue weighted by atomic mass is 10.3. The molecule has 0 bridgehead atoms. The standard InChI is InChI=1S/C21H25NO6/c1-3-26-18-7-4-5-8-19(18)27-14-6-9-21(24)28-15-20(23)22-16-10-12-17(25-2)13-11-16/h4-5,7-8,10-13H,3,6,9,14-15H2,1-2H3,(H,22,23). The van der Waals surface area contributed by atoms with Crippen LogP contribution in [0.25, 0.3) is 0 Å². The number of carbonyl (C=O) groups is 2. The van der Waals surface area contributed by atoms with E-state index in [9.17, 15) is 9.59 Å². The number of carbonyl (C=O) groups excluding carboxylic acids is 2. The molecule has 0 atom stereocenters. The Morgan fingerprint density at radius 2 is 1.64 bits per heavy atom. The molecule has 150 valence electrons. The molecule has 1 amide bonds. The molecule has 0 heterocycles. The highest BCUT2D eigenvalue weighted by molar-refractivity contribution is 5.92. The molecule has 0 radical (unpaired) electrons. The summed E-state index contributed by atoms with van der Waals surface area (Å²) in [4.78, 5) is 23.6. The molecular formula is C21H25NO6. The Bertz CT molecular complexity index is 760. The SMILES string of the molecule is CCOc1ccccc1OCCCC(=O)OCC(=O)Nc1ccc(OC)cc1. The van der Waals surface area contributed by atoms with Crippen molar-refractivity contribution < 1.29 is 28.5 Å². The van der Waals surface area contributed by atoms with Crippen LogP contribution in [0.3, 0.4) is 0 Å². The van der Waals surface area contributed by atoms with Gasteiger partial charge in [0.25, 0.3) is 5.91 Å². The van der Waals surface area contributed by atoms with E-state index >= 15 is 0 Å². The fourth-order valence-corrected chi connectivity index (χ4v) is 2.33. The number of hydrogen-bond acceptors (Lipinski definition) is 6. The Labute approximate surface area is 164 Å². The highest BCUT2D eigenvalue weighted by atomic mass is 16.5. The topological polar surface area (TPSA) is 83.1 Å². The highest BCUT2D eigenvalue weighted by Crippen LogP contribution is 2.26. The molecule has 0 saturated carbocycles. The van der Waals surface area contributed by atoms with Gasteiger partial charge < -0.3 is 24.3 Å². The third kappa shape index (κ3) is 7.19. The van der Waals surface area contributed by atoms with Crippen LogP contribution in [-0.2, 0) is 14.3 Å². The smallest absolute Gasteiger partial charge is 0.306 e. The van der Waals surface area contributed by atoms with Crippen LogP contribution >= 0.6 is 0 Å². The monoisotopic (exact) mass is 387 g/mol. The number of benzene rings is 2. The maximum atomic E-state index is 11.8. The molecule has 0 aromatic heterocycles. The lowest BCUT2D eigenvalue weighted by molar-refractivity contribution is -0.147. The van der Waals surface area contributed by atoms with Gasteiger partial charge in [-0.2, -0.15) is 0 Å². The summed E-state index contributed by atoms with van der Waals surface area (Å²) in [5.74, 6) is 1.14. The number of hydrogen-bond donors (Lipinski definition) is 1. The van der Waals surface area contributed by atoms with E-state index in [1.807, 2.05) is 31.2 Å². The third-order valence-corrected chi connectivity index (χ3v) is 3.67. The van der Waals surface area contributed by atoms with Crippen molar-refractivity contribution >= 4 is 17.6 Å². The van der Waals surface area contributed by atoms with Crippen molar-refractivity contribution in [3.8, 4) is 17.2 Å². The van der Waals surface area contributed by atoms with Crippen molar-refractivity contribution in [3.05, 3.63) is 48.5 Å². The maximum Gasteiger partial charge on any atom is 0.306 e. The number of methoxy groups -OCH3 is 1. The van der Waals surface area contributed by atoms with Crippen molar-refractivity contribution in [3.63, 3.8) is 0 Å². The van der Waals surface area contributed by atoms with Crippen molar-refractivity contribution in [2.45, 2.75) is 19.8 Å². The van der Waals surface area contributed by atoms with E-state index in [2.05, 4.69) is 5.32 Å². The number of ether oxygens (including phenoxy) is 4. The average Bonchev–Trinajstić information content (AvgIpc) is 2.71. The molecule has 7 nitrogen and oxygen atoms in total. The van der Waals surface area contributed by atoms with Gasteiger partial charge in [0, 0.05) is 12.1 Å². The van der Waals surface area contributed by atoms with E-state index in [-0.39, 0.29) is 13.0 Å². The predicted molar refractivity (Wildman–Crippen MR) is 105 cm³/mol. The van der Waals surface area contributed by atoms with Gasteiger partial charge >= 0.3 is 5.97 Å². The van der Waals surface area contributed by atoms with Gasteiger partial charge in [-0.15, -0.1) is 0 Å². The molecular weight excluding hydrogens is 362 g/mol. The van der Waals surface area contributed by atoms with Gasteiger partial charge in [0.15, 0.2) is 18.1 Å². The predicted octanol–water partition coefficient (Wildman–Crippen LogP) is 3.43. The molecule has 28 heavy (non-hydrogen) atoms. The van der Waals surface area contributed by atoms with Crippen molar-refractivity contribution in [2.75, 3.05) is 32.2 Å². The zero-order valence-corrected chi connectivity index (χ0v) is 16.1. The summed E-state index contributed by atoms with van der Waals surface area (Å²) >= 11 is 0.